The number of aliphatic hydroxyl groups is 1. The molecule has 1 fully saturated rings. The molecule has 0 radical (unpaired) electrons. The molecule has 9 heteroatoms. The highest BCUT2D eigenvalue weighted by atomic mass is 32.1. The van der Waals surface area contributed by atoms with Gasteiger partial charge in [-0.05, 0) is 60.6 Å². The lowest BCUT2D eigenvalue weighted by Gasteiger charge is -2.23. The van der Waals surface area contributed by atoms with E-state index in [9.17, 15) is 19.5 Å². The monoisotopic (exact) mass is 590 g/mol. The highest BCUT2D eigenvalue weighted by molar-refractivity contribution is 7.17. The van der Waals surface area contributed by atoms with Gasteiger partial charge in [-0.25, -0.2) is 9.78 Å². The second-order valence-electron chi connectivity index (χ2n) is 11.1. The van der Waals surface area contributed by atoms with E-state index in [1.165, 1.54) is 4.90 Å². The second kappa shape index (κ2) is 13.3. The quantitative estimate of drug-likeness (QED) is 0.0828. The normalized spacial score (nSPS) is 16.5. The van der Waals surface area contributed by atoms with E-state index in [4.69, 9.17) is 9.47 Å². The van der Waals surface area contributed by atoms with Crippen LogP contribution < -0.4 is 9.64 Å². The summed E-state index contributed by atoms with van der Waals surface area (Å²) in [4.78, 5) is 46.0. The first kappa shape index (κ1) is 31.0. The Morgan fingerprint density at radius 2 is 1.71 bits per heavy atom. The van der Waals surface area contributed by atoms with Gasteiger partial charge < -0.3 is 14.6 Å². The van der Waals surface area contributed by atoms with Gasteiger partial charge in [-0.1, -0.05) is 76.6 Å². The van der Waals surface area contributed by atoms with E-state index in [-0.39, 0.29) is 39.8 Å². The van der Waals surface area contributed by atoms with Gasteiger partial charge in [0.1, 0.15) is 16.4 Å². The lowest BCUT2D eigenvalue weighted by Crippen LogP contribution is -2.29. The van der Waals surface area contributed by atoms with Crippen LogP contribution in [0.3, 0.4) is 0 Å². The molecule has 222 valence electrons. The Morgan fingerprint density at radius 3 is 2.31 bits per heavy atom. The lowest BCUT2D eigenvalue weighted by atomic mass is 9.93. The highest BCUT2D eigenvalue weighted by Gasteiger charge is 2.48. The summed E-state index contributed by atoms with van der Waals surface area (Å²) in [5.41, 5.74) is 2.46. The zero-order valence-corrected chi connectivity index (χ0v) is 25.8. The van der Waals surface area contributed by atoms with Gasteiger partial charge in [-0.3, -0.25) is 14.5 Å². The molecule has 3 aromatic rings. The molecule has 2 heterocycles. The fourth-order valence-corrected chi connectivity index (χ4v) is 5.58. The molecule has 0 spiro atoms. The zero-order valence-electron chi connectivity index (χ0n) is 25.0. The number of aryl methyl sites for hydroxylation is 1. The molecule has 0 bridgehead atoms. The van der Waals surface area contributed by atoms with Crippen molar-refractivity contribution in [1.82, 2.24) is 4.98 Å². The third kappa shape index (κ3) is 6.57. The van der Waals surface area contributed by atoms with E-state index >= 15 is 0 Å². The average molecular weight is 591 g/mol. The maximum absolute atomic E-state index is 13.6. The smallest absolute Gasteiger partial charge is 0.350 e. The number of nitrogens with zero attached hydrogens (tertiary/aromatic N) is 2. The van der Waals surface area contributed by atoms with Crippen molar-refractivity contribution in [2.75, 3.05) is 18.1 Å². The van der Waals surface area contributed by atoms with Crippen molar-refractivity contribution in [3.8, 4) is 5.75 Å². The summed E-state index contributed by atoms with van der Waals surface area (Å²) in [7, 11) is 0. The molecule has 0 saturated carbocycles. The van der Waals surface area contributed by atoms with Crippen molar-refractivity contribution in [2.24, 2.45) is 5.92 Å². The molecule has 2 aromatic carbocycles. The Kier molecular flexibility index (Phi) is 9.83. The van der Waals surface area contributed by atoms with Gasteiger partial charge in [0, 0.05) is 5.56 Å². The van der Waals surface area contributed by atoms with Gasteiger partial charge in [0.15, 0.2) is 5.13 Å². The van der Waals surface area contributed by atoms with Gasteiger partial charge in [0.2, 0.25) is 0 Å². The molecule has 8 nitrogen and oxygen atoms in total. The molecule has 1 aromatic heterocycles. The number of aliphatic hydroxyl groups excluding tert-OH is 1. The Labute approximate surface area is 251 Å². The van der Waals surface area contributed by atoms with Crippen molar-refractivity contribution in [1.29, 1.82) is 0 Å². The predicted molar refractivity (Wildman–Crippen MR) is 164 cm³/mol. The Balaban J connectivity index is 1.79. The highest BCUT2D eigenvalue weighted by Crippen LogP contribution is 2.44. The molecule has 1 aliphatic heterocycles. The Morgan fingerprint density at radius 1 is 1.05 bits per heavy atom. The van der Waals surface area contributed by atoms with Gasteiger partial charge in [-0.15, -0.1) is 0 Å². The number of Topliss-reactive ketones (excluding diaryl/α,β-unsaturated/α-hetero) is 1. The van der Waals surface area contributed by atoms with Gasteiger partial charge in [-0.2, -0.15) is 0 Å². The van der Waals surface area contributed by atoms with Gasteiger partial charge in [0.05, 0.1) is 30.5 Å². The van der Waals surface area contributed by atoms with Crippen molar-refractivity contribution >= 4 is 39.9 Å². The van der Waals surface area contributed by atoms with Crippen molar-refractivity contribution in [3.05, 3.63) is 81.4 Å². The molecule has 1 unspecified atom stereocenters. The number of amides is 1. The van der Waals surface area contributed by atoms with Gasteiger partial charge >= 0.3 is 11.9 Å². The average Bonchev–Trinajstić information content (AvgIpc) is 3.48. The number of carbonyl (C=O) groups is 3. The van der Waals surface area contributed by atoms with Crippen LogP contribution in [0.4, 0.5) is 5.13 Å². The van der Waals surface area contributed by atoms with Crippen LogP contribution in [0.1, 0.15) is 91.5 Å². The number of rotatable bonds is 11. The summed E-state index contributed by atoms with van der Waals surface area (Å²) < 4.78 is 11.1. The van der Waals surface area contributed by atoms with E-state index in [1.54, 1.807) is 31.2 Å². The number of ketones is 1. The summed E-state index contributed by atoms with van der Waals surface area (Å²) in [5.74, 6) is -1.39. The summed E-state index contributed by atoms with van der Waals surface area (Å²) >= 11 is 0.996. The Hall–Kier alpha value is -3.98. The molecule has 1 aliphatic rings. The summed E-state index contributed by atoms with van der Waals surface area (Å²) in [6, 6.07) is 13.5. The summed E-state index contributed by atoms with van der Waals surface area (Å²) in [6.45, 7) is 12.6. The largest absolute Gasteiger partial charge is 0.507 e. The number of benzene rings is 2. The summed E-state index contributed by atoms with van der Waals surface area (Å²) in [5, 5.41) is 11.7. The molecular weight excluding hydrogens is 552 g/mol. The van der Waals surface area contributed by atoms with E-state index in [2.05, 4.69) is 25.8 Å². The fraction of sp³-hybridized carbons (Fsp3) is 0.394. The van der Waals surface area contributed by atoms with Crippen LogP contribution in [0.2, 0.25) is 0 Å². The predicted octanol–water partition coefficient (Wildman–Crippen LogP) is 7.19. The number of unbranched alkanes of at least 4 members (excludes halogenated alkanes) is 1. The van der Waals surface area contributed by atoms with Crippen LogP contribution in [-0.4, -0.2) is 41.0 Å². The Bertz CT molecular complexity index is 1470. The minimum Gasteiger partial charge on any atom is -0.507 e. The second-order valence-corrected chi connectivity index (χ2v) is 12.1. The van der Waals surface area contributed by atoms with Crippen LogP contribution in [0.15, 0.2) is 54.1 Å². The van der Waals surface area contributed by atoms with E-state index in [1.807, 2.05) is 38.1 Å². The fourth-order valence-electron chi connectivity index (χ4n) is 4.59. The number of thiazole rings is 1. The molecule has 42 heavy (non-hydrogen) atoms. The SMILES string of the molecule is CCCCOc1ccc(/C(O)=C2\C(=O)C(=O)N(c3nc(C)c(C(=O)OCC(C)C)s3)C2c2ccc(C(C)C)cc2)cc1. The number of ether oxygens (including phenoxy) is 2. The van der Waals surface area contributed by atoms with Crippen LogP contribution in [0, 0.1) is 12.8 Å². The summed E-state index contributed by atoms with van der Waals surface area (Å²) in [6.07, 6.45) is 1.94. The first-order valence-corrected chi connectivity index (χ1v) is 15.1. The topological polar surface area (TPSA) is 106 Å². The molecule has 4 rings (SSSR count). The molecule has 1 amide bonds. The van der Waals surface area contributed by atoms with Crippen LogP contribution in [0.5, 0.6) is 5.75 Å². The molecular formula is C33H38N2O6S. The maximum atomic E-state index is 13.6. The molecule has 1 N–H and O–H groups in total. The third-order valence-corrected chi connectivity index (χ3v) is 8.12. The van der Waals surface area contributed by atoms with E-state index in [0.29, 0.717) is 29.2 Å². The zero-order chi connectivity index (χ0) is 30.6. The minimum absolute atomic E-state index is 0.0475. The number of esters is 1. The van der Waals surface area contributed by atoms with E-state index < -0.39 is 23.7 Å². The van der Waals surface area contributed by atoms with Crippen LogP contribution in [-0.2, 0) is 14.3 Å². The first-order valence-electron chi connectivity index (χ1n) is 14.3. The minimum atomic E-state index is -0.947. The van der Waals surface area contributed by atoms with Gasteiger partial charge in [0.25, 0.3) is 5.78 Å². The lowest BCUT2D eigenvalue weighted by molar-refractivity contribution is -0.132. The maximum Gasteiger partial charge on any atom is 0.350 e. The number of carbonyl (C=O) groups excluding carboxylic acids is 3. The first-order chi connectivity index (χ1) is 20.0. The number of hydrogen-bond donors (Lipinski definition) is 1. The van der Waals surface area contributed by atoms with Crippen molar-refractivity contribution in [3.63, 3.8) is 0 Å². The number of hydrogen-bond acceptors (Lipinski definition) is 8. The molecule has 0 aliphatic carbocycles. The molecule has 1 atom stereocenters. The van der Waals surface area contributed by atoms with Crippen molar-refractivity contribution in [2.45, 2.75) is 66.3 Å². The van der Waals surface area contributed by atoms with Crippen LogP contribution >= 0.6 is 11.3 Å². The van der Waals surface area contributed by atoms with E-state index in [0.717, 1.165) is 29.7 Å². The number of aromatic nitrogens is 1. The van der Waals surface area contributed by atoms with Crippen LogP contribution in [0.25, 0.3) is 5.76 Å². The van der Waals surface area contributed by atoms with Crippen molar-refractivity contribution < 1.29 is 29.0 Å². The molecule has 1 saturated heterocycles. The third-order valence-electron chi connectivity index (χ3n) is 6.98. The number of anilines is 1. The standard InChI is InChI=1S/C33H38N2O6S/c1-7-8-17-40-25-15-13-24(14-16-25)28(36)26-27(23-11-9-22(10-12-23)20(4)5)35(31(38)29(26)37)33-34-21(6)30(42-33)32(39)41-18-19(2)3/h9-16,19-20,27,36H,7-8,17-18H2,1-6H3/b28-26+.